The minimum Gasteiger partial charge on any atom is -0.543 e. The molecule has 0 aliphatic carbocycles. The van der Waals surface area contributed by atoms with Crippen LogP contribution in [0.4, 0.5) is 5.69 Å². The third kappa shape index (κ3) is 2.00. The fourth-order valence-electron chi connectivity index (χ4n) is 1.53. The Morgan fingerprint density at radius 2 is 2.00 bits per heavy atom. The molecule has 0 N–H and O–H groups in total. The first kappa shape index (κ1) is 10.9. The number of carboxylic acid groups (broad SMARTS) is 1. The Labute approximate surface area is 95.9 Å². The van der Waals surface area contributed by atoms with Gasteiger partial charge in [0.2, 0.25) is 0 Å². The number of benzene rings is 1. The van der Waals surface area contributed by atoms with Gasteiger partial charge in [-0.05, 0) is 18.2 Å². The topological polar surface area (TPSA) is 88.2 Å². The summed E-state index contributed by atoms with van der Waals surface area (Å²) in [6, 6.07) is 8.61. The predicted octanol–water partition coefficient (Wildman–Crippen LogP) is 0.749. The predicted molar refractivity (Wildman–Crippen MR) is 56.8 cm³/mol. The van der Waals surface area contributed by atoms with Crippen LogP contribution in [0.2, 0.25) is 0 Å². The fraction of sp³-hybridized carbons (Fsp3) is 0. The van der Waals surface area contributed by atoms with Gasteiger partial charge in [0.15, 0.2) is 0 Å². The van der Waals surface area contributed by atoms with E-state index < -0.39 is 10.9 Å². The summed E-state index contributed by atoms with van der Waals surface area (Å²) in [4.78, 5) is 20.9. The van der Waals surface area contributed by atoms with Crippen molar-refractivity contribution in [3.05, 3.63) is 58.4 Å². The second-order valence-electron chi connectivity index (χ2n) is 3.33. The highest BCUT2D eigenvalue weighted by Gasteiger charge is 2.09. The summed E-state index contributed by atoms with van der Waals surface area (Å²) in [7, 11) is 0. The zero-order valence-corrected chi connectivity index (χ0v) is 8.57. The molecule has 2 aromatic rings. The monoisotopic (exact) mass is 231 g/mol. The fourth-order valence-corrected chi connectivity index (χ4v) is 1.53. The van der Waals surface area contributed by atoms with Gasteiger partial charge in [-0.3, -0.25) is 10.1 Å². The lowest BCUT2D eigenvalue weighted by Gasteiger charge is -2.09. The first-order valence-electron chi connectivity index (χ1n) is 4.73. The molecular weight excluding hydrogens is 224 g/mol. The third-order valence-corrected chi connectivity index (χ3v) is 2.28. The summed E-state index contributed by atoms with van der Waals surface area (Å²) in [6.07, 6.45) is 1.50. The summed E-state index contributed by atoms with van der Waals surface area (Å²) >= 11 is 0. The third-order valence-electron chi connectivity index (χ3n) is 2.28. The number of rotatable bonds is 3. The van der Waals surface area contributed by atoms with Crippen molar-refractivity contribution in [1.29, 1.82) is 0 Å². The number of carbonyl (C=O) groups is 1. The number of nitrogens with zero attached hydrogens (tertiary/aromatic N) is 2. The van der Waals surface area contributed by atoms with Crippen LogP contribution in [-0.2, 0) is 0 Å². The van der Waals surface area contributed by atoms with Crippen LogP contribution in [0.3, 0.4) is 0 Å². The molecule has 1 heterocycles. The number of nitro benzene ring substituents is 1. The number of carbonyl (C=O) groups excluding carboxylic acids is 1. The van der Waals surface area contributed by atoms with E-state index in [1.807, 2.05) is 0 Å². The standard InChI is InChI=1S/C11H8N2O4/c14-11(15)10-5-2-6-12(10)8-3-1-4-9(7-8)13(16)17/h1-7H,(H,14,15)/p-1. The summed E-state index contributed by atoms with van der Waals surface area (Å²) in [5.74, 6) is -1.33. The van der Waals surface area contributed by atoms with E-state index >= 15 is 0 Å². The quantitative estimate of drug-likeness (QED) is 0.575. The summed E-state index contributed by atoms with van der Waals surface area (Å²) in [5.41, 5.74) is 0.259. The zero-order valence-electron chi connectivity index (χ0n) is 8.57. The summed E-state index contributed by atoms with van der Waals surface area (Å²) in [5, 5.41) is 21.4. The average molecular weight is 231 g/mol. The van der Waals surface area contributed by atoms with E-state index in [1.165, 1.54) is 41.1 Å². The molecule has 0 radical (unpaired) electrons. The van der Waals surface area contributed by atoms with Crippen LogP contribution in [0, 0.1) is 10.1 Å². The Kier molecular flexibility index (Phi) is 2.61. The lowest BCUT2D eigenvalue weighted by Crippen LogP contribution is -2.24. The Balaban J connectivity index is 2.53. The molecular formula is C11H7N2O4-. The molecule has 0 aliphatic rings. The molecule has 6 nitrogen and oxygen atoms in total. The molecule has 2 rings (SSSR count). The molecule has 1 aromatic heterocycles. The summed E-state index contributed by atoms with van der Waals surface area (Å²) < 4.78 is 1.32. The number of aromatic nitrogens is 1. The molecule has 0 saturated heterocycles. The van der Waals surface area contributed by atoms with Gasteiger partial charge in [-0.2, -0.15) is 0 Å². The molecule has 1 aromatic carbocycles. The highest BCUT2D eigenvalue weighted by molar-refractivity contribution is 5.84. The van der Waals surface area contributed by atoms with Crippen molar-refractivity contribution in [2.24, 2.45) is 0 Å². The molecule has 6 heteroatoms. The molecule has 0 fully saturated rings. The number of hydrogen-bond donors (Lipinski definition) is 0. The second-order valence-corrected chi connectivity index (χ2v) is 3.33. The Morgan fingerprint density at radius 3 is 2.65 bits per heavy atom. The zero-order chi connectivity index (χ0) is 12.4. The van der Waals surface area contributed by atoms with Gasteiger partial charge < -0.3 is 14.5 Å². The number of nitro groups is 1. The van der Waals surface area contributed by atoms with Gasteiger partial charge in [-0.25, -0.2) is 0 Å². The Bertz CT molecular complexity index is 589. The van der Waals surface area contributed by atoms with Crippen molar-refractivity contribution in [3.63, 3.8) is 0 Å². The van der Waals surface area contributed by atoms with Crippen LogP contribution < -0.4 is 5.11 Å². The van der Waals surface area contributed by atoms with E-state index in [0.717, 1.165) is 0 Å². The van der Waals surface area contributed by atoms with Crippen LogP contribution in [0.15, 0.2) is 42.6 Å². The van der Waals surface area contributed by atoms with E-state index in [4.69, 9.17) is 0 Å². The molecule has 0 spiro atoms. The maximum absolute atomic E-state index is 10.8. The van der Waals surface area contributed by atoms with E-state index in [-0.39, 0.29) is 11.4 Å². The van der Waals surface area contributed by atoms with Gasteiger partial charge in [-0.15, -0.1) is 0 Å². The smallest absolute Gasteiger partial charge is 0.271 e. The number of hydrogen-bond acceptors (Lipinski definition) is 4. The lowest BCUT2D eigenvalue weighted by molar-refractivity contribution is -0.384. The van der Waals surface area contributed by atoms with Crippen LogP contribution in [-0.4, -0.2) is 15.5 Å². The second kappa shape index (κ2) is 4.09. The maximum atomic E-state index is 10.8. The molecule has 0 atom stereocenters. The molecule has 0 aliphatic heterocycles. The van der Waals surface area contributed by atoms with Crippen molar-refractivity contribution in [3.8, 4) is 5.69 Å². The molecule has 0 saturated carbocycles. The van der Waals surface area contributed by atoms with Crippen LogP contribution in [0.1, 0.15) is 10.5 Å². The Morgan fingerprint density at radius 1 is 1.24 bits per heavy atom. The van der Waals surface area contributed by atoms with E-state index in [1.54, 1.807) is 6.07 Å². The van der Waals surface area contributed by atoms with Crippen molar-refractivity contribution >= 4 is 11.7 Å². The van der Waals surface area contributed by atoms with Crippen molar-refractivity contribution in [1.82, 2.24) is 4.57 Å². The molecule has 0 amide bonds. The number of carboxylic acids is 1. The largest absolute Gasteiger partial charge is 0.543 e. The van der Waals surface area contributed by atoms with Gasteiger partial charge >= 0.3 is 0 Å². The normalized spacial score (nSPS) is 10.1. The van der Waals surface area contributed by atoms with Crippen molar-refractivity contribution in [2.45, 2.75) is 0 Å². The van der Waals surface area contributed by atoms with Gasteiger partial charge in [0, 0.05) is 18.3 Å². The molecule has 86 valence electrons. The molecule has 0 unspecified atom stereocenters. The highest BCUT2D eigenvalue weighted by Crippen LogP contribution is 2.18. The number of aromatic carboxylic acids is 1. The molecule has 0 bridgehead atoms. The van der Waals surface area contributed by atoms with Gasteiger partial charge in [0.05, 0.1) is 22.3 Å². The van der Waals surface area contributed by atoms with E-state index in [9.17, 15) is 20.0 Å². The number of non-ortho nitro benzene ring substituents is 1. The van der Waals surface area contributed by atoms with Crippen molar-refractivity contribution in [2.75, 3.05) is 0 Å². The lowest BCUT2D eigenvalue weighted by atomic mass is 10.2. The van der Waals surface area contributed by atoms with Gasteiger partial charge in [0.1, 0.15) is 0 Å². The first-order valence-corrected chi connectivity index (χ1v) is 4.73. The average Bonchev–Trinajstić information content (AvgIpc) is 2.78. The maximum Gasteiger partial charge on any atom is 0.271 e. The Hall–Kier alpha value is -2.63. The SMILES string of the molecule is O=C([O-])c1cccn1-c1cccc([N+](=O)[O-])c1. The van der Waals surface area contributed by atoms with Gasteiger partial charge in [-0.1, -0.05) is 6.07 Å². The van der Waals surface area contributed by atoms with Crippen LogP contribution in [0.5, 0.6) is 0 Å². The van der Waals surface area contributed by atoms with E-state index in [0.29, 0.717) is 5.69 Å². The van der Waals surface area contributed by atoms with Crippen molar-refractivity contribution < 1.29 is 14.8 Å². The molecule has 17 heavy (non-hydrogen) atoms. The van der Waals surface area contributed by atoms with Crippen LogP contribution in [0.25, 0.3) is 5.69 Å². The van der Waals surface area contributed by atoms with Gasteiger partial charge in [0.25, 0.3) is 5.69 Å². The minimum atomic E-state index is -1.33. The first-order chi connectivity index (χ1) is 8.09. The highest BCUT2D eigenvalue weighted by atomic mass is 16.6. The minimum absolute atomic E-state index is 0.0505. The van der Waals surface area contributed by atoms with E-state index in [2.05, 4.69) is 0 Å². The van der Waals surface area contributed by atoms with Crippen LogP contribution >= 0.6 is 0 Å². The summed E-state index contributed by atoms with van der Waals surface area (Å²) in [6.45, 7) is 0.